The van der Waals surface area contributed by atoms with Gasteiger partial charge in [0.25, 0.3) is 0 Å². The minimum Gasteiger partial charge on any atom is -0.391 e. The van der Waals surface area contributed by atoms with Gasteiger partial charge in [0, 0.05) is 0 Å². The maximum atomic E-state index is 9.23. The Balaban J connectivity index is 3.76. The van der Waals surface area contributed by atoms with Crippen molar-refractivity contribution in [2.75, 3.05) is 6.61 Å². The van der Waals surface area contributed by atoms with Crippen molar-refractivity contribution >= 4 is 0 Å². The van der Waals surface area contributed by atoms with Gasteiger partial charge in [-0.2, -0.15) is 0 Å². The molecule has 4 heteroatoms. The topological polar surface area (TPSA) is 58.9 Å². The summed E-state index contributed by atoms with van der Waals surface area (Å²) in [7, 11) is 0. The van der Waals surface area contributed by atoms with E-state index in [2.05, 4.69) is 6.92 Å². The molecule has 104 valence electrons. The molecule has 4 nitrogen and oxygen atoms in total. The fourth-order valence-corrected chi connectivity index (χ4v) is 1.60. The molecular weight excluding hydrogens is 220 g/mol. The molecule has 0 bridgehead atoms. The third kappa shape index (κ3) is 10.7. The van der Waals surface area contributed by atoms with Crippen LogP contribution in [0.2, 0.25) is 0 Å². The number of aliphatic hydroxyl groups excluding tert-OH is 2. The van der Waals surface area contributed by atoms with Gasteiger partial charge in [-0.15, -0.1) is 0 Å². The molecule has 0 spiro atoms. The largest absolute Gasteiger partial charge is 0.391 e. The summed E-state index contributed by atoms with van der Waals surface area (Å²) in [6.45, 7) is 5.65. The summed E-state index contributed by atoms with van der Waals surface area (Å²) in [5.74, 6) is 0. The molecule has 0 radical (unpaired) electrons. The van der Waals surface area contributed by atoms with Crippen molar-refractivity contribution in [1.82, 2.24) is 0 Å². The van der Waals surface area contributed by atoms with Gasteiger partial charge >= 0.3 is 0 Å². The van der Waals surface area contributed by atoms with Crippen molar-refractivity contribution in [3.05, 3.63) is 0 Å². The predicted octanol–water partition coefficient (Wildman–Crippen LogP) is 2.43. The van der Waals surface area contributed by atoms with E-state index >= 15 is 0 Å². The molecule has 0 aliphatic carbocycles. The number of hydrogen-bond donors (Lipinski definition) is 2. The summed E-state index contributed by atoms with van der Waals surface area (Å²) < 4.78 is 10.7. The molecule has 0 aromatic rings. The van der Waals surface area contributed by atoms with Crippen LogP contribution in [0.3, 0.4) is 0 Å². The fourth-order valence-electron chi connectivity index (χ4n) is 1.60. The van der Waals surface area contributed by atoms with Gasteiger partial charge < -0.3 is 19.7 Å². The summed E-state index contributed by atoms with van der Waals surface area (Å²) in [5, 5.41) is 18.0. The van der Waals surface area contributed by atoms with Crippen LogP contribution in [0.5, 0.6) is 0 Å². The van der Waals surface area contributed by atoms with E-state index in [-0.39, 0.29) is 6.10 Å². The van der Waals surface area contributed by atoms with E-state index in [1.165, 1.54) is 19.3 Å². The van der Waals surface area contributed by atoms with Gasteiger partial charge in [-0.1, -0.05) is 32.6 Å². The second kappa shape index (κ2) is 11.0. The first kappa shape index (κ1) is 16.8. The van der Waals surface area contributed by atoms with Crippen molar-refractivity contribution < 1.29 is 19.7 Å². The highest BCUT2D eigenvalue weighted by molar-refractivity contribution is 4.52. The van der Waals surface area contributed by atoms with E-state index in [0.717, 1.165) is 19.3 Å². The van der Waals surface area contributed by atoms with Gasteiger partial charge in [-0.05, 0) is 26.7 Å². The van der Waals surface area contributed by atoms with E-state index < -0.39 is 19.2 Å². The third-order valence-corrected chi connectivity index (χ3v) is 2.43. The molecule has 0 aromatic carbocycles. The van der Waals surface area contributed by atoms with E-state index in [0.29, 0.717) is 0 Å². The molecular formula is C13H28O4. The van der Waals surface area contributed by atoms with Crippen molar-refractivity contribution in [1.29, 1.82) is 0 Å². The number of hydrogen-bond acceptors (Lipinski definition) is 4. The normalized spacial score (nSPS) is 15.2. The lowest BCUT2D eigenvalue weighted by molar-refractivity contribution is -0.250. The van der Waals surface area contributed by atoms with Crippen LogP contribution >= 0.6 is 0 Å². The van der Waals surface area contributed by atoms with E-state index in [4.69, 9.17) is 14.6 Å². The molecule has 0 rings (SSSR count). The van der Waals surface area contributed by atoms with Crippen molar-refractivity contribution in [3.63, 3.8) is 0 Å². The highest BCUT2D eigenvalue weighted by Crippen LogP contribution is 2.13. The van der Waals surface area contributed by atoms with Crippen LogP contribution in [0.25, 0.3) is 0 Å². The van der Waals surface area contributed by atoms with Crippen LogP contribution in [-0.4, -0.2) is 35.5 Å². The van der Waals surface area contributed by atoms with Crippen LogP contribution in [0.4, 0.5) is 0 Å². The van der Waals surface area contributed by atoms with Gasteiger partial charge in [-0.3, -0.25) is 0 Å². The zero-order valence-electron chi connectivity index (χ0n) is 11.4. The summed E-state index contributed by atoms with van der Waals surface area (Å²) >= 11 is 0. The Kier molecular flexibility index (Phi) is 10.9. The SMILES string of the molecule is CCCCCCCC(OC(C)C)OC(O)CO. The summed E-state index contributed by atoms with van der Waals surface area (Å²) in [4.78, 5) is 0. The van der Waals surface area contributed by atoms with E-state index in [9.17, 15) is 5.11 Å². The Morgan fingerprint density at radius 2 is 1.65 bits per heavy atom. The minimum atomic E-state index is -1.14. The van der Waals surface area contributed by atoms with Crippen LogP contribution in [0.1, 0.15) is 59.3 Å². The monoisotopic (exact) mass is 248 g/mol. The zero-order valence-corrected chi connectivity index (χ0v) is 11.4. The number of unbranched alkanes of at least 4 members (excludes halogenated alkanes) is 4. The second-order valence-electron chi connectivity index (χ2n) is 4.59. The molecule has 0 aliphatic heterocycles. The zero-order chi connectivity index (χ0) is 13.1. The van der Waals surface area contributed by atoms with Gasteiger partial charge in [0.1, 0.15) is 0 Å². The van der Waals surface area contributed by atoms with E-state index in [1.807, 2.05) is 13.8 Å². The van der Waals surface area contributed by atoms with Gasteiger partial charge in [-0.25, -0.2) is 0 Å². The maximum Gasteiger partial charge on any atom is 0.181 e. The Bertz CT molecular complexity index is 161. The Hall–Kier alpha value is -0.160. The average molecular weight is 248 g/mol. The standard InChI is InChI=1S/C13H28O4/c1-4-5-6-7-8-9-13(16-11(2)3)17-12(15)10-14/h11-15H,4-10H2,1-3H3. The molecule has 0 heterocycles. The average Bonchev–Trinajstić information content (AvgIpc) is 2.27. The molecule has 0 aliphatic rings. The smallest absolute Gasteiger partial charge is 0.181 e. The quantitative estimate of drug-likeness (QED) is 0.435. The molecule has 17 heavy (non-hydrogen) atoms. The van der Waals surface area contributed by atoms with Crippen LogP contribution in [0.15, 0.2) is 0 Å². The molecule has 2 atom stereocenters. The van der Waals surface area contributed by atoms with Crippen LogP contribution < -0.4 is 0 Å². The van der Waals surface area contributed by atoms with Gasteiger partial charge in [0.05, 0.1) is 12.7 Å². The minimum absolute atomic E-state index is 0.0570. The molecule has 0 saturated carbocycles. The van der Waals surface area contributed by atoms with Crippen LogP contribution in [0, 0.1) is 0 Å². The van der Waals surface area contributed by atoms with E-state index in [1.54, 1.807) is 0 Å². The van der Waals surface area contributed by atoms with Crippen molar-refractivity contribution in [3.8, 4) is 0 Å². The predicted molar refractivity (Wildman–Crippen MR) is 67.6 cm³/mol. The number of aliphatic hydroxyl groups is 2. The molecule has 0 aromatic heterocycles. The lowest BCUT2D eigenvalue weighted by Crippen LogP contribution is -2.29. The first-order valence-electron chi connectivity index (χ1n) is 6.70. The third-order valence-electron chi connectivity index (χ3n) is 2.43. The second-order valence-corrected chi connectivity index (χ2v) is 4.59. The number of rotatable bonds is 11. The fraction of sp³-hybridized carbons (Fsp3) is 1.00. The van der Waals surface area contributed by atoms with Crippen LogP contribution in [-0.2, 0) is 9.47 Å². The van der Waals surface area contributed by atoms with Crippen molar-refractivity contribution in [2.24, 2.45) is 0 Å². The molecule has 0 fully saturated rings. The highest BCUT2D eigenvalue weighted by atomic mass is 16.7. The molecule has 0 amide bonds. The first-order valence-corrected chi connectivity index (χ1v) is 6.70. The lowest BCUT2D eigenvalue weighted by atomic mass is 10.1. The molecule has 2 N–H and O–H groups in total. The Labute approximate surface area is 105 Å². The van der Waals surface area contributed by atoms with Crippen molar-refractivity contribution in [2.45, 2.75) is 78.0 Å². The summed E-state index contributed by atoms with van der Waals surface area (Å²) in [5.41, 5.74) is 0. The summed E-state index contributed by atoms with van der Waals surface area (Å²) in [6.07, 6.45) is 5.16. The Morgan fingerprint density at radius 1 is 1.00 bits per heavy atom. The lowest BCUT2D eigenvalue weighted by Gasteiger charge is -2.23. The molecule has 2 unspecified atom stereocenters. The maximum absolute atomic E-state index is 9.23. The highest BCUT2D eigenvalue weighted by Gasteiger charge is 2.15. The summed E-state index contributed by atoms with van der Waals surface area (Å²) in [6, 6.07) is 0. The molecule has 0 saturated heterocycles. The first-order chi connectivity index (χ1) is 8.10. The number of ether oxygens (including phenoxy) is 2. The Morgan fingerprint density at radius 3 is 2.18 bits per heavy atom. The van der Waals surface area contributed by atoms with Gasteiger partial charge in [0.15, 0.2) is 12.6 Å². The van der Waals surface area contributed by atoms with Gasteiger partial charge in [0.2, 0.25) is 0 Å².